The molecule has 1 saturated heterocycles. The van der Waals surface area contributed by atoms with Gasteiger partial charge in [0, 0.05) is 18.2 Å². The molecule has 1 fully saturated rings. The van der Waals surface area contributed by atoms with Crippen molar-refractivity contribution in [3.63, 3.8) is 0 Å². The lowest BCUT2D eigenvalue weighted by molar-refractivity contribution is -0.155. The molecule has 0 amide bonds. The third-order valence-corrected chi connectivity index (χ3v) is 2.93. The maximum atomic E-state index is 13.8. The summed E-state index contributed by atoms with van der Waals surface area (Å²) in [7, 11) is 0. The zero-order chi connectivity index (χ0) is 13.0. The van der Waals surface area contributed by atoms with Crippen molar-refractivity contribution in [3.05, 3.63) is 35.6 Å². The summed E-state index contributed by atoms with van der Waals surface area (Å²) in [6.07, 6.45) is -0.175. The van der Waals surface area contributed by atoms with Crippen LogP contribution in [-0.4, -0.2) is 31.9 Å². The highest BCUT2D eigenvalue weighted by Crippen LogP contribution is 2.23. The molecule has 0 spiro atoms. The van der Waals surface area contributed by atoms with Crippen LogP contribution in [0.4, 0.5) is 4.39 Å². The average molecular weight is 253 g/mol. The van der Waals surface area contributed by atoms with E-state index >= 15 is 0 Å². The summed E-state index contributed by atoms with van der Waals surface area (Å²) in [5.41, 5.74) is 0.609. The van der Waals surface area contributed by atoms with Gasteiger partial charge in [0.2, 0.25) is 0 Å². The van der Waals surface area contributed by atoms with Crippen LogP contribution in [-0.2, 0) is 9.47 Å². The zero-order valence-electron chi connectivity index (χ0n) is 10.9. The topological polar surface area (TPSA) is 30.5 Å². The average Bonchev–Trinajstić information content (AvgIpc) is 2.28. The van der Waals surface area contributed by atoms with Gasteiger partial charge in [-0.25, -0.2) is 4.39 Å². The lowest BCUT2D eigenvalue weighted by Gasteiger charge is -2.31. The van der Waals surface area contributed by atoms with Crippen LogP contribution < -0.4 is 5.32 Å². The van der Waals surface area contributed by atoms with Crippen molar-refractivity contribution in [2.45, 2.75) is 32.1 Å². The lowest BCUT2D eigenvalue weighted by atomic mass is 10.1. The van der Waals surface area contributed by atoms with Crippen LogP contribution in [0.5, 0.6) is 0 Å². The van der Waals surface area contributed by atoms with Gasteiger partial charge in [-0.2, -0.15) is 0 Å². The van der Waals surface area contributed by atoms with Crippen molar-refractivity contribution in [2.75, 3.05) is 19.8 Å². The summed E-state index contributed by atoms with van der Waals surface area (Å²) in [6, 6.07) is 7.12. The predicted octanol–water partition coefficient (Wildman–Crippen LogP) is 2.28. The maximum absolute atomic E-state index is 13.8. The fourth-order valence-electron chi connectivity index (χ4n) is 1.84. The summed E-state index contributed by atoms with van der Waals surface area (Å²) < 4.78 is 24.8. The second-order valence-electron chi connectivity index (χ2n) is 4.87. The Balaban J connectivity index is 2.04. The molecule has 1 heterocycles. The molecule has 0 bridgehead atoms. The van der Waals surface area contributed by atoms with Crippen LogP contribution in [0, 0.1) is 5.82 Å². The molecule has 0 radical (unpaired) electrons. The first kappa shape index (κ1) is 13.5. The lowest BCUT2D eigenvalue weighted by Crippen LogP contribution is -2.40. The van der Waals surface area contributed by atoms with Crippen LogP contribution in [0.25, 0.3) is 0 Å². The summed E-state index contributed by atoms with van der Waals surface area (Å²) in [5.74, 6) is -0.215. The van der Waals surface area contributed by atoms with Crippen molar-refractivity contribution in [3.8, 4) is 0 Å². The molecule has 1 N–H and O–H groups in total. The van der Waals surface area contributed by atoms with Crippen LogP contribution >= 0.6 is 0 Å². The number of ether oxygens (including phenoxy) is 2. The van der Waals surface area contributed by atoms with Gasteiger partial charge in [0.25, 0.3) is 0 Å². The monoisotopic (exact) mass is 253 g/mol. The molecule has 1 atom stereocenters. The second kappa shape index (κ2) is 6.27. The van der Waals surface area contributed by atoms with Gasteiger partial charge in [0.1, 0.15) is 11.9 Å². The van der Waals surface area contributed by atoms with Crippen molar-refractivity contribution in [1.29, 1.82) is 0 Å². The van der Waals surface area contributed by atoms with E-state index in [2.05, 4.69) is 19.2 Å². The minimum atomic E-state index is -0.262. The van der Waals surface area contributed by atoms with Gasteiger partial charge in [0.05, 0.1) is 19.3 Å². The fraction of sp³-hybridized carbons (Fsp3) is 0.571. The molecule has 1 unspecified atom stereocenters. The van der Waals surface area contributed by atoms with E-state index in [0.717, 1.165) is 0 Å². The van der Waals surface area contributed by atoms with Crippen LogP contribution in [0.1, 0.15) is 25.5 Å². The second-order valence-corrected chi connectivity index (χ2v) is 4.87. The van der Waals surface area contributed by atoms with Crippen molar-refractivity contribution < 1.29 is 13.9 Å². The fourth-order valence-corrected chi connectivity index (χ4v) is 1.84. The summed E-state index contributed by atoms with van der Waals surface area (Å²) in [5, 5.41) is 3.29. The molecule has 18 heavy (non-hydrogen) atoms. The standard InChI is InChI=1S/C14H20FNO2/c1-10(2)16-7-14(18-11-8-17-9-11)12-5-3-4-6-13(12)15/h3-6,10-11,14,16H,7-9H2,1-2H3. The van der Waals surface area contributed by atoms with Gasteiger partial charge in [-0.3, -0.25) is 0 Å². The highest BCUT2D eigenvalue weighted by molar-refractivity contribution is 5.20. The zero-order valence-corrected chi connectivity index (χ0v) is 10.9. The number of rotatable bonds is 6. The Bertz CT molecular complexity index is 380. The van der Waals surface area contributed by atoms with Crippen molar-refractivity contribution >= 4 is 0 Å². The van der Waals surface area contributed by atoms with Gasteiger partial charge in [-0.1, -0.05) is 32.0 Å². The first-order valence-electron chi connectivity index (χ1n) is 6.38. The Labute approximate surface area is 107 Å². The van der Waals surface area contributed by atoms with Gasteiger partial charge < -0.3 is 14.8 Å². The Hall–Kier alpha value is -0.970. The molecule has 100 valence electrons. The molecule has 1 aromatic carbocycles. The van der Waals surface area contributed by atoms with Crippen LogP contribution in [0.2, 0.25) is 0 Å². The van der Waals surface area contributed by atoms with Gasteiger partial charge in [-0.15, -0.1) is 0 Å². The van der Waals surface area contributed by atoms with E-state index in [4.69, 9.17) is 9.47 Å². The van der Waals surface area contributed by atoms with E-state index in [0.29, 0.717) is 31.4 Å². The molecule has 3 nitrogen and oxygen atoms in total. The first-order valence-corrected chi connectivity index (χ1v) is 6.38. The largest absolute Gasteiger partial charge is 0.376 e. The summed E-state index contributed by atoms with van der Waals surface area (Å²) >= 11 is 0. The molecule has 0 saturated carbocycles. The minimum Gasteiger partial charge on any atom is -0.376 e. The van der Waals surface area contributed by atoms with Gasteiger partial charge in [-0.05, 0) is 6.07 Å². The Morgan fingerprint density at radius 1 is 1.39 bits per heavy atom. The van der Waals surface area contributed by atoms with E-state index < -0.39 is 0 Å². The third kappa shape index (κ3) is 3.51. The molecule has 1 aliphatic heterocycles. The third-order valence-electron chi connectivity index (χ3n) is 2.93. The SMILES string of the molecule is CC(C)NCC(OC1COC1)c1ccccc1F. The minimum absolute atomic E-state index is 0.0866. The van der Waals surface area contributed by atoms with Gasteiger partial charge >= 0.3 is 0 Å². The summed E-state index contributed by atoms with van der Waals surface area (Å²) in [6.45, 7) is 5.93. The number of halogens is 1. The van der Waals surface area contributed by atoms with E-state index in [1.807, 2.05) is 6.07 Å². The highest BCUT2D eigenvalue weighted by atomic mass is 19.1. The van der Waals surface area contributed by atoms with Gasteiger partial charge in [0.15, 0.2) is 0 Å². The Kier molecular flexibility index (Phi) is 4.69. The van der Waals surface area contributed by atoms with Crippen molar-refractivity contribution in [2.24, 2.45) is 0 Å². The molecule has 4 heteroatoms. The number of nitrogens with one attached hydrogen (secondary N) is 1. The molecule has 2 rings (SSSR count). The van der Waals surface area contributed by atoms with E-state index in [1.54, 1.807) is 12.1 Å². The quantitative estimate of drug-likeness (QED) is 0.843. The van der Waals surface area contributed by atoms with E-state index in [1.165, 1.54) is 6.07 Å². The smallest absolute Gasteiger partial charge is 0.129 e. The predicted molar refractivity (Wildman–Crippen MR) is 68.0 cm³/mol. The highest BCUT2D eigenvalue weighted by Gasteiger charge is 2.25. The van der Waals surface area contributed by atoms with E-state index in [-0.39, 0.29) is 18.0 Å². The number of hydrogen-bond acceptors (Lipinski definition) is 3. The number of hydrogen-bond donors (Lipinski definition) is 1. The number of benzene rings is 1. The molecular weight excluding hydrogens is 233 g/mol. The molecular formula is C14H20FNO2. The molecule has 0 aromatic heterocycles. The molecule has 0 aliphatic carbocycles. The van der Waals surface area contributed by atoms with Crippen LogP contribution in [0.3, 0.4) is 0 Å². The van der Waals surface area contributed by atoms with E-state index in [9.17, 15) is 4.39 Å². The molecule has 1 aromatic rings. The normalized spacial score (nSPS) is 17.8. The molecule has 1 aliphatic rings. The van der Waals surface area contributed by atoms with Crippen molar-refractivity contribution in [1.82, 2.24) is 5.32 Å². The Morgan fingerprint density at radius 2 is 2.11 bits per heavy atom. The Morgan fingerprint density at radius 3 is 2.67 bits per heavy atom. The summed E-state index contributed by atoms with van der Waals surface area (Å²) in [4.78, 5) is 0. The first-order chi connectivity index (χ1) is 8.66. The van der Waals surface area contributed by atoms with Crippen LogP contribution in [0.15, 0.2) is 24.3 Å². The maximum Gasteiger partial charge on any atom is 0.129 e.